The Kier molecular flexibility index (Phi) is 5.50. The lowest BCUT2D eigenvalue weighted by Gasteiger charge is -2.34. The van der Waals surface area contributed by atoms with Crippen molar-refractivity contribution >= 4 is 18.0 Å². The van der Waals surface area contributed by atoms with E-state index in [9.17, 15) is 19.5 Å². The summed E-state index contributed by atoms with van der Waals surface area (Å²) >= 11 is 0. The van der Waals surface area contributed by atoms with Crippen molar-refractivity contribution < 1.29 is 24.2 Å². The molecule has 0 aliphatic heterocycles. The summed E-state index contributed by atoms with van der Waals surface area (Å²) in [6.07, 6.45) is 4.03. The van der Waals surface area contributed by atoms with E-state index in [2.05, 4.69) is 29.6 Å². The molecule has 6 rings (SSSR count). The number of amides is 2. The van der Waals surface area contributed by atoms with E-state index < -0.39 is 12.1 Å². The first kappa shape index (κ1) is 22.1. The number of carboxylic acid groups (broad SMARTS) is 1. The molecule has 2 amide bonds. The van der Waals surface area contributed by atoms with Gasteiger partial charge >= 0.3 is 12.1 Å². The molecule has 3 fully saturated rings. The summed E-state index contributed by atoms with van der Waals surface area (Å²) in [6, 6.07) is 16.1. The van der Waals surface area contributed by atoms with Crippen molar-refractivity contribution in [3.8, 4) is 11.1 Å². The third kappa shape index (κ3) is 3.97. The largest absolute Gasteiger partial charge is 0.480 e. The zero-order chi connectivity index (χ0) is 24.1. The maximum absolute atomic E-state index is 13.5. The molecule has 0 heterocycles. The second-order valence-corrected chi connectivity index (χ2v) is 10.4. The van der Waals surface area contributed by atoms with E-state index in [4.69, 9.17) is 4.74 Å². The third-order valence-electron chi connectivity index (χ3n) is 8.41. The van der Waals surface area contributed by atoms with Crippen LogP contribution in [0.2, 0.25) is 0 Å². The third-order valence-corrected chi connectivity index (χ3v) is 8.41. The van der Waals surface area contributed by atoms with Gasteiger partial charge < -0.3 is 20.1 Å². The predicted octanol–water partition coefficient (Wildman–Crippen LogP) is 4.02. The molecule has 0 radical (unpaired) electrons. The van der Waals surface area contributed by atoms with Gasteiger partial charge in [-0.2, -0.15) is 0 Å². The first-order valence-electron chi connectivity index (χ1n) is 12.6. The predicted molar refractivity (Wildman–Crippen MR) is 129 cm³/mol. The van der Waals surface area contributed by atoms with Crippen LogP contribution in [-0.2, 0) is 14.3 Å². The number of alkyl carbamates (subject to hydrolysis) is 1. The molecule has 4 atom stereocenters. The Bertz CT molecular complexity index is 1130. The Morgan fingerprint density at radius 1 is 0.914 bits per heavy atom. The van der Waals surface area contributed by atoms with Gasteiger partial charge in [-0.05, 0) is 66.2 Å². The van der Waals surface area contributed by atoms with E-state index in [0.29, 0.717) is 0 Å². The maximum Gasteiger partial charge on any atom is 0.407 e. The molecule has 4 aliphatic carbocycles. The molecule has 0 saturated heterocycles. The molecule has 0 aromatic heterocycles. The Hall–Kier alpha value is -3.35. The summed E-state index contributed by atoms with van der Waals surface area (Å²) in [5, 5.41) is 12.3. The van der Waals surface area contributed by atoms with Crippen molar-refractivity contribution in [1.29, 1.82) is 0 Å². The van der Waals surface area contributed by atoms with Crippen molar-refractivity contribution in [2.45, 2.75) is 50.1 Å². The normalized spacial score (nSPS) is 26.2. The first-order chi connectivity index (χ1) is 17.0. The summed E-state index contributed by atoms with van der Waals surface area (Å²) in [5.74, 6) is -1.07. The van der Waals surface area contributed by atoms with Crippen LogP contribution in [0.25, 0.3) is 11.1 Å². The highest BCUT2D eigenvalue weighted by Gasteiger charge is 2.54. The van der Waals surface area contributed by atoms with Crippen LogP contribution in [0.3, 0.4) is 0 Å². The number of benzene rings is 2. The number of carbonyl (C=O) groups is 3. The first-order valence-corrected chi connectivity index (χ1v) is 12.6. The van der Waals surface area contributed by atoms with Crippen LogP contribution in [0.15, 0.2) is 48.5 Å². The van der Waals surface area contributed by atoms with Gasteiger partial charge in [0.15, 0.2) is 0 Å². The van der Waals surface area contributed by atoms with Crippen LogP contribution in [0.4, 0.5) is 4.79 Å². The highest BCUT2D eigenvalue weighted by molar-refractivity contribution is 5.85. The molecule has 7 heteroatoms. The fraction of sp³-hybridized carbons (Fsp3) is 0.464. The lowest BCUT2D eigenvalue weighted by atomic mass is 9.83. The van der Waals surface area contributed by atoms with Gasteiger partial charge in [-0.15, -0.1) is 0 Å². The minimum absolute atomic E-state index is 0.0211. The fourth-order valence-corrected chi connectivity index (χ4v) is 6.74. The number of hydrogen-bond acceptors (Lipinski definition) is 4. The number of nitrogens with zero attached hydrogens (tertiary/aromatic N) is 1. The lowest BCUT2D eigenvalue weighted by molar-refractivity contribution is -0.148. The lowest BCUT2D eigenvalue weighted by Crippen LogP contribution is -2.52. The topological polar surface area (TPSA) is 95.9 Å². The number of aliphatic carboxylic acids is 1. The molecule has 3 saturated carbocycles. The molecule has 4 unspecified atom stereocenters. The van der Waals surface area contributed by atoms with Gasteiger partial charge in [-0.1, -0.05) is 48.5 Å². The van der Waals surface area contributed by atoms with Crippen molar-refractivity contribution in [3.05, 3.63) is 59.7 Å². The molecule has 2 aromatic carbocycles. The summed E-state index contributed by atoms with van der Waals surface area (Å²) < 4.78 is 5.75. The molecule has 7 nitrogen and oxygen atoms in total. The Morgan fingerprint density at radius 2 is 1.54 bits per heavy atom. The average molecular weight is 475 g/mol. The zero-order valence-corrected chi connectivity index (χ0v) is 19.6. The van der Waals surface area contributed by atoms with Crippen LogP contribution in [0, 0.1) is 17.8 Å². The fourth-order valence-electron chi connectivity index (χ4n) is 6.74. The summed E-state index contributed by atoms with van der Waals surface area (Å²) in [5.41, 5.74) is 4.66. The molecular weight excluding hydrogens is 444 g/mol. The Balaban J connectivity index is 1.15. The van der Waals surface area contributed by atoms with E-state index in [-0.39, 0.29) is 54.8 Å². The van der Waals surface area contributed by atoms with Gasteiger partial charge in [0.05, 0.1) is 5.92 Å². The summed E-state index contributed by atoms with van der Waals surface area (Å²) in [6.45, 7) is -0.0401. The second-order valence-electron chi connectivity index (χ2n) is 10.4. The van der Waals surface area contributed by atoms with Gasteiger partial charge in [-0.3, -0.25) is 9.59 Å². The van der Waals surface area contributed by atoms with E-state index in [0.717, 1.165) is 43.2 Å². The van der Waals surface area contributed by atoms with Crippen LogP contribution >= 0.6 is 0 Å². The summed E-state index contributed by atoms with van der Waals surface area (Å²) in [7, 11) is 0. The monoisotopic (exact) mass is 474 g/mol. The number of carboxylic acids is 1. The SMILES string of the molecule is O=C(O)CN(C(=O)C1C2CCC(C2)C1NC(=O)OCC1c2ccccc2-c2ccccc21)C1CC1. The number of rotatable bonds is 7. The van der Waals surface area contributed by atoms with E-state index in [1.165, 1.54) is 16.0 Å². The van der Waals surface area contributed by atoms with Crippen LogP contribution in [0.5, 0.6) is 0 Å². The minimum Gasteiger partial charge on any atom is -0.480 e. The maximum atomic E-state index is 13.5. The number of fused-ring (bicyclic) bond motifs is 5. The zero-order valence-electron chi connectivity index (χ0n) is 19.6. The molecular formula is C28H30N2O5. The van der Waals surface area contributed by atoms with Gasteiger partial charge in [0.1, 0.15) is 13.2 Å². The van der Waals surface area contributed by atoms with Crippen LogP contribution in [-0.4, -0.2) is 53.2 Å². The number of hydrogen-bond donors (Lipinski definition) is 2. The smallest absolute Gasteiger partial charge is 0.407 e. The van der Waals surface area contributed by atoms with Crippen molar-refractivity contribution in [3.63, 3.8) is 0 Å². The second kappa shape index (κ2) is 8.70. The minimum atomic E-state index is -0.991. The Morgan fingerprint density at radius 3 is 2.17 bits per heavy atom. The number of ether oxygens (including phenoxy) is 1. The number of nitrogens with one attached hydrogen (secondary N) is 1. The van der Waals surface area contributed by atoms with E-state index in [1.807, 2.05) is 24.3 Å². The quantitative estimate of drug-likeness (QED) is 0.632. The van der Waals surface area contributed by atoms with Crippen molar-refractivity contribution in [2.75, 3.05) is 13.2 Å². The van der Waals surface area contributed by atoms with Gasteiger partial charge in [-0.25, -0.2) is 4.79 Å². The van der Waals surface area contributed by atoms with Crippen molar-refractivity contribution in [1.82, 2.24) is 10.2 Å². The molecule has 35 heavy (non-hydrogen) atoms. The highest BCUT2D eigenvalue weighted by atomic mass is 16.5. The van der Waals surface area contributed by atoms with Crippen molar-refractivity contribution in [2.24, 2.45) is 17.8 Å². The van der Waals surface area contributed by atoms with E-state index >= 15 is 0 Å². The Labute approximate surface area is 204 Å². The van der Waals surface area contributed by atoms with Crippen LogP contribution in [0.1, 0.15) is 49.1 Å². The summed E-state index contributed by atoms with van der Waals surface area (Å²) in [4.78, 5) is 39.3. The molecule has 2 N–H and O–H groups in total. The highest BCUT2D eigenvalue weighted by Crippen LogP contribution is 2.50. The molecule has 182 valence electrons. The van der Waals surface area contributed by atoms with Gasteiger partial charge in [0, 0.05) is 18.0 Å². The average Bonchev–Trinajstić information content (AvgIpc) is 3.37. The molecule has 2 bridgehead atoms. The van der Waals surface area contributed by atoms with Gasteiger partial charge in [0.2, 0.25) is 5.91 Å². The van der Waals surface area contributed by atoms with Gasteiger partial charge in [0.25, 0.3) is 0 Å². The molecule has 4 aliphatic rings. The molecule has 0 spiro atoms. The molecule has 2 aromatic rings. The standard InChI is InChI=1S/C28H30N2O5/c31-24(32)14-30(18-11-12-18)27(33)25-16-9-10-17(13-16)26(25)29-28(34)35-15-23-21-7-3-1-5-19(21)20-6-2-4-8-22(20)23/h1-8,16-18,23,25-26H,9-15H2,(H,29,34)(H,31,32). The van der Waals surface area contributed by atoms with E-state index in [1.54, 1.807) is 0 Å². The van der Waals surface area contributed by atoms with Crippen LogP contribution < -0.4 is 5.32 Å². The number of carbonyl (C=O) groups excluding carboxylic acids is 2.